The summed E-state index contributed by atoms with van der Waals surface area (Å²) >= 11 is 0. The molecule has 2 aromatic rings. The van der Waals surface area contributed by atoms with E-state index >= 15 is 0 Å². The monoisotopic (exact) mass is 242 g/mol. The van der Waals surface area contributed by atoms with E-state index in [0.717, 1.165) is 18.0 Å². The van der Waals surface area contributed by atoms with Crippen LogP contribution in [0.4, 0.5) is 5.69 Å². The van der Waals surface area contributed by atoms with Gasteiger partial charge in [-0.15, -0.1) is 0 Å². The van der Waals surface area contributed by atoms with Crippen LogP contribution in [0.25, 0.3) is 0 Å². The average Bonchev–Trinajstić information content (AvgIpc) is 2.42. The van der Waals surface area contributed by atoms with Gasteiger partial charge >= 0.3 is 0 Å². The van der Waals surface area contributed by atoms with Crippen LogP contribution in [0.5, 0.6) is 5.88 Å². The summed E-state index contributed by atoms with van der Waals surface area (Å²) < 4.78 is 5.68. The van der Waals surface area contributed by atoms with Crippen LogP contribution >= 0.6 is 0 Å². The number of benzene rings is 1. The van der Waals surface area contributed by atoms with Crippen LogP contribution in [-0.4, -0.2) is 25.2 Å². The van der Waals surface area contributed by atoms with Crippen LogP contribution in [-0.2, 0) is 0 Å². The molecule has 0 fully saturated rings. The number of aryl methyl sites for hydroxylation is 1. The Morgan fingerprint density at radius 2 is 1.89 bits per heavy atom. The molecule has 2 rings (SSSR count). The highest BCUT2D eigenvalue weighted by atomic mass is 16.5. The van der Waals surface area contributed by atoms with Crippen molar-refractivity contribution in [2.45, 2.75) is 6.92 Å². The molecule has 0 aliphatic rings. The lowest BCUT2D eigenvalue weighted by Gasteiger charge is -2.19. The van der Waals surface area contributed by atoms with E-state index in [0.29, 0.717) is 6.61 Å². The van der Waals surface area contributed by atoms with Crippen molar-refractivity contribution in [3.63, 3.8) is 0 Å². The smallest absolute Gasteiger partial charge is 0.216 e. The molecule has 0 aliphatic carbocycles. The van der Waals surface area contributed by atoms with Gasteiger partial charge in [0.15, 0.2) is 0 Å². The van der Waals surface area contributed by atoms with Crippen molar-refractivity contribution in [2.75, 3.05) is 25.1 Å². The van der Waals surface area contributed by atoms with Gasteiger partial charge < -0.3 is 9.64 Å². The minimum Gasteiger partial charge on any atom is -0.476 e. The second kappa shape index (κ2) is 6.05. The molecule has 0 radical (unpaired) electrons. The molecule has 0 aliphatic heterocycles. The summed E-state index contributed by atoms with van der Waals surface area (Å²) in [5.41, 5.74) is 2.26. The molecule has 3 nitrogen and oxygen atoms in total. The van der Waals surface area contributed by atoms with Crippen molar-refractivity contribution in [3.05, 3.63) is 54.2 Å². The molecule has 0 bridgehead atoms. The Morgan fingerprint density at radius 1 is 1.11 bits per heavy atom. The van der Waals surface area contributed by atoms with Crippen molar-refractivity contribution in [3.8, 4) is 5.88 Å². The van der Waals surface area contributed by atoms with Gasteiger partial charge in [0.05, 0.1) is 6.54 Å². The molecule has 18 heavy (non-hydrogen) atoms. The van der Waals surface area contributed by atoms with Gasteiger partial charge in [-0.2, -0.15) is 0 Å². The quantitative estimate of drug-likeness (QED) is 0.806. The minimum absolute atomic E-state index is 0.628. The Hall–Kier alpha value is -2.03. The van der Waals surface area contributed by atoms with Crippen LogP contribution in [0.3, 0.4) is 0 Å². The lowest BCUT2D eigenvalue weighted by atomic mass is 10.3. The molecule has 0 spiro atoms. The third-order valence-electron chi connectivity index (χ3n) is 2.82. The Bertz CT molecular complexity index is 485. The summed E-state index contributed by atoms with van der Waals surface area (Å²) in [6.45, 7) is 3.46. The van der Waals surface area contributed by atoms with Crippen molar-refractivity contribution < 1.29 is 4.74 Å². The molecule has 1 aromatic heterocycles. The van der Waals surface area contributed by atoms with Crippen molar-refractivity contribution in [2.24, 2.45) is 0 Å². The first-order valence-corrected chi connectivity index (χ1v) is 6.08. The van der Waals surface area contributed by atoms with E-state index in [4.69, 9.17) is 4.74 Å². The van der Waals surface area contributed by atoms with Crippen LogP contribution in [0.1, 0.15) is 5.56 Å². The number of para-hydroxylation sites is 1. The Kier molecular flexibility index (Phi) is 4.18. The van der Waals surface area contributed by atoms with Crippen LogP contribution in [0.15, 0.2) is 48.7 Å². The van der Waals surface area contributed by atoms with Crippen molar-refractivity contribution in [1.29, 1.82) is 0 Å². The van der Waals surface area contributed by atoms with Gasteiger partial charge in [0, 0.05) is 24.5 Å². The fourth-order valence-corrected chi connectivity index (χ4v) is 1.71. The Morgan fingerprint density at radius 3 is 2.61 bits per heavy atom. The normalized spacial score (nSPS) is 10.1. The van der Waals surface area contributed by atoms with E-state index in [2.05, 4.69) is 29.1 Å². The van der Waals surface area contributed by atoms with E-state index in [1.165, 1.54) is 5.69 Å². The third kappa shape index (κ3) is 3.23. The van der Waals surface area contributed by atoms with Gasteiger partial charge in [-0.3, -0.25) is 0 Å². The summed E-state index contributed by atoms with van der Waals surface area (Å²) in [6, 6.07) is 14.2. The second-order valence-corrected chi connectivity index (χ2v) is 4.23. The molecule has 0 saturated heterocycles. The lowest BCUT2D eigenvalue weighted by molar-refractivity contribution is 0.311. The molecule has 94 valence electrons. The molecule has 1 aromatic carbocycles. The predicted octanol–water partition coefficient (Wildman–Crippen LogP) is 2.91. The SMILES string of the molecule is Cc1cccnc1OCCN(C)c1ccccc1. The summed E-state index contributed by atoms with van der Waals surface area (Å²) in [4.78, 5) is 6.37. The number of rotatable bonds is 5. The topological polar surface area (TPSA) is 25.4 Å². The second-order valence-electron chi connectivity index (χ2n) is 4.23. The highest BCUT2D eigenvalue weighted by Gasteiger charge is 2.02. The van der Waals surface area contributed by atoms with Crippen molar-refractivity contribution >= 4 is 5.69 Å². The number of hydrogen-bond donors (Lipinski definition) is 0. The Balaban J connectivity index is 1.84. The summed E-state index contributed by atoms with van der Waals surface area (Å²) in [5, 5.41) is 0. The maximum atomic E-state index is 5.68. The Labute approximate surface area is 108 Å². The minimum atomic E-state index is 0.628. The number of anilines is 1. The van der Waals surface area contributed by atoms with Crippen molar-refractivity contribution in [1.82, 2.24) is 4.98 Å². The first-order chi connectivity index (χ1) is 8.77. The van der Waals surface area contributed by atoms with E-state index in [-0.39, 0.29) is 0 Å². The summed E-state index contributed by atoms with van der Waals surface area (Å²) in [7, 11) is 2.06. The first-order valence-electron chi connectivity index (χ1n) is 6.08. The zero-order valence-corrected chi connectivity index (χ0v) is 10.8. The van der Waals surface area contributed by atoms with Gasteiger partial charge in [-0.1, -0.05) is 24.3 Å². The maximum absolute atomic E-state index is 5.68. The maximum Gasteiger partial charge on any atom is 0.216 e. The van der Waals surface area contributed by atoms with E-state index in [1.807, 2.05) is 37.3 Å². The fourth-order valence-electron chi connectivity index (χ4n) is 1.71. The van der Waals surface area contributed by atoms with Crippen LogP contribution in [0.2, 0.25) is 0 Å². The zero-order chi connectivity index (χ0) is 12.8. The van der Waals surface area contributed by atoms with Gasteiger partial charge in [0.25, 0.3) is 0 Å². The molecule has 0 N–H and O–H groups in total. The summed E-state index contributed by atoms with van der Waals surface area (Å²) in [6.07, 6.45) is 1.75. The lowest BCUT2D eigenvalue weighted by Crippen LogP contribution is -2.23. The molecule has 0 unspecified atom stereocenters. The molecular formula is C15H18N2O. The molecule has 1 heterocycles. The van der Waals surface area contributed by atoms with E-state index in [1.54, 1.807) is 6.20 Å². The number of aromatic nitrogens is 1. The van der Waals surface area contributed by atoms with Gasteiger partial charge in [0.1, 0.15) is 6.61 Å². The van der Waals surface area contributed by atoms with Crippen LogP contribution in [0, 0.1) is 6.92 Å². The van der Waals surface area contributed by atoms with Gasteiger partial charge in [-0.25, -0.2) is 4.98 Å². The van der Waals surface area contributed by atoms with Gasteiger partial charge in [-0.05, 0) is 25.1 Å². The molecule has 0 atom stereocenters. The number of ether oxygens (including phenoxy) is 1. The highest BCUT2D eigenvalue weighted by Crippen LogP contribution is 2.13. The van der Waals surface area contributed by atoms with Gasteiger partial charge in [0.2, 0.25) is 5.88 Å². The average molecular weight is 242 g/mol. The largest absolute Gasteiger partial charge is 0.476 e. The zero-order valence-electron chi connectivity index (χ0n) is 10.8. The van der Waals surface area contributed by atoms with E-state index < -0.39 is 0 Å². The fraction of sp³-hybridized carbons (Fsp3) is 0.267. The number of likely N-dealkylation sites (N-methyl/N-ethyl adjacent to an activating group) is 1. The number of hydrogen-bond acceptors (Lipinski definition) is 3. The predicted molar refractivity (Wildman–Crippen MR) is 74.2 cm³/mol. The number of pyridine rings is 1. The summed E-state index contributed by atoms with van der Waals surface area (Å²) in [5.74, 6) is 0.721. The molecule has 0 saturated carbocycles. The highest BCUT2D eigenvalue weighted by molar-refractivity contribution is 5.44. The van der Waals surface area contributed by atoms with E-state index in [9.17, 15) is 0 Å². The standard InChI is InChI=1S/C15H18N2O/c1-13-7-6-10-16-15(13)18-12-11-17(2)14-8-4-3-5-9-14/h3-10H,11-12H2,1-2H3. The third-order valence-corrected chi connectivity index (χ3v) is 2.82. The molecular weight excluding hydrogens is 224 g/mol. The number of nitrogens with zero attached hydrogens (tertiary/aromatic N) is 2. The van der Waals surface area contributed by atoms with Crippen LogP contribution < -0.4 is 9.64 Å². The molecule has 0 amide bonds. The molecule has 3 heteroatoms. The first kappa shape index (κ1) is 12.4.